The molecule has 1 heterocycles. The molecule has 0 unspecified atom stereocenters. The highest BCUT2D eigenvalue weighted by molar-refractivity contribution is 7.87. The van der Waals surface area contributed by atoms with Crippen LogP contribution in [0.4, 0.5) is 0 Å². The molecule has 0 radical (unpaired) electrons. The molecule has 0 aromatic heterocycles. The first-order valence-corrected chi connectivity index (χ1v) is 7.97. The summed E-state index contributed by atoms with van der Waals surface area (Å²) in [7, 11) is -0.842. The summed E-state index contributed by atoms with van der Waals surface area (Å²) in [5.41, 5.74) is 0. The Kier molecular flexibility index (Phi) is 7.38. The summed E-state index contributed by atoms with van der Waals surface area (Å²) in [6, 6.07) is 0. The molecule has 1 fully saturated rings. The van der Waals surface area contributed by atoms with Crippen molar-refractivity contribution in [3.63, 3.8) is 0 Å². The number of ether oxygens (including phenoxy) is 2. The van der Waals surface area contributed by atoms with Gasteiger partial charge in [-0.25, -0.2) is 4.72 Å². The minimum absolute atomic E-state index is 0.0391. The number of esters is 1. The van der Waals surface area contributed by atoms with Gasteiger partial charge in [0.05, 0.1) is 26.7 Å². The van der Waals surface area contributed by atoms with Crippen LogP contribution in [0.2, 0.25) is 0 Å². The molecule has 8 nitrogen and oxygen atoms in total. The van der Waals surface area contributed by atoms with E-state index < -0.39 is 16.2 Å². The second-order valence-corrected chi connectivity index (χ2v) is 6.36. The number of carbonyl (C=O) groups is 1. The molecule has 118 valence electrons. The van der Waals surface area contributed by atoms with Gasteiger partial charge in [0.15, 0.2) is 0 Å². The average molecular weight is 309 g/mol. The van der Waals surface area contributed by atoms with E-state index in [1.165, 1.54) is 14.2 Å². The Hall–Kier alpha value is -0.740. The summed E-state index contributed by atoms with van der Waals surface area (Å²) < 4.78 is 37.1. The van der Waals surface area contributed by atoms with Crippen molar-refractivity contribution in [2.45, 2.75) is 6.42 Å². The standard InChI is InChI=1S/C11H23N3O5S/c1-13(5-3-11(15)18-2)20(16,17)12-4-6-14-7-9-19-10-8-14/h12H,3-10H2,1-2H3. The molecule has 20 heavy (non-hydrogen) atoms. The van der Waals surface area contributed by atoms with E-state index in [4.69, 9.17) is 4.74 Å². The quantitative estimate of drug-likeness (QED) is 0.558. The van der Waals surface area contributed by atoms with Crippen LogP contribution in [0, 0.1) is 0 Å². The highest BCUT2D eigenvalue weighted by atomic mass is 32.2. The summed E-state index contributed by atoms with van der Waals surface area (Å²) in [6.07, 6.45) is 0.0391. The Morgan fingerprint density at radius 2 is 2.05 bits per heavy atom. The average Bonchev–Trinajstić information content (AvgIpc) is 2.45. The van der Waals surface area contributed by atoms with Crippen LogP contribution >= 0.6 is 0 Å². The van der Waals surface area contributed by atoms with Crippen molar-refractivity contribution in [2.24, 2.45) is 0 Å². The van der Waals surface area contributed by atoms with Gasteiger partial charge < -0.3 is 9.47 Å². The van der Waals surface area contributed by atoms with Crippen molar-refractivity contribution < 1.29 is 22.7 Å². The lowest BCUT2D eigenvalue weighted by atomic mass is 10.4. The molecule has 0 bridgehead atoms. The molecule has 0 spiro atoms. The molecular weight excluding hydrogens is 286 g/mol. The zero-order valence-electron chi connectivity index (χ0n) is 12.0. The number of hydrogen-bond donors (Lipinski definition) is 1. The number of nitrogens with one attached hydrogen (secondary N) is 1. The van der Waals surface area contributed by atoms with Crippen molar-refractivity contribution in [3.8, 4) is 0 Å². The normalized spacial score (nSPS) is 17.4. The van der Waals surface area contributed by atoms with Gasteiger partial charge in [0, 0.05) is 39.8 Å². The third kappa shape index (κ3) is 6.14. The minimum Gasteiger partial charge on any atom is -0.469 e. The van der Waals surface area contributed by atoms with Crippen LogP contribution in [0.25, 0.3) is 0 Å². The van der Waals surface area contributed by atoms with Gasteiger partial charge in [-0.1, -0.05) is 0 Å². The maximum absolute atomic E-state index is 11.9. The van der Waals surface area contributed by atoms with Crippen LogP contribution in [0.3, 0.4) is 0 Å². The SMILES string of the molecule is COC(=O)CCN(C)S(=O)(=O)NCCN1CCOCC1. The maximum Gasteiger partial charge on any atom is 0.306 e. The topological polar surface area (TPSA) is 88.2 Å². The van der Waals surface area contributed by atoms with Crippen LogP contribution in [0.15, 0.2) is 0 Å². The number of hydrogen-bond acceptors (Lipinski definition) is 6. The van der Waals surface area contributed by atoms with Crippen molar-refractivity contribution in [2.75, 3.05) is 60.1 Å². The predicted octanol–water partition coefficient (Wildman–Crippen LogP) is -1.35. The smallest absolute Gasteiger partial charge is 0.306 e. The highest BCUT2D eigenvalue weighted by Crippen LogP contribution is 1.98. The molecule has 1 aliphatic heterocycles. The first-order valence-electron chi connectivity index (χ1n) is 6.53. The Morgan fingerprint density at radius 1 is 1.40 bits per heavy atom. The number of morpholine rings is 1. The molecule has 0 atom stereocenters. The summed E-state index contributed by atoms with van der Waals surface area (Å²) in [4.78, 5) is 13.1. The predicted molar refractivity (Wildman–Crippen MR) is 73.4 cm³/mol. The fraction of sp³-hybridized carbons (Fsp3) is 0.909. The second-order valence-electron chi connectivity index (χ2n) is 4.50. The fourth-order valence-corrected chi connectivity index (χ4v) is 2.64. The van der Waals surface area contributed by atoms with Gasteiger partial charge in [0.1, 0.15) is 0 Å². The molecular formula is C11H23N3O5S. The van der Waals surface area contributed by atoms with Crippen LogP contribution < -0.4 is 4.72 Å². The van der Waals surface area contributed by atoms with E-state index in [-0.39, 0.29) is 13.0 Å². The summed E-state index contributed by atoms with van der Waals surface area (Å²) >= 11 is 0. The zero-order chi connectivity index (χ0) is 15.0. The largest absolute Gasteiger partial charge is 0.469 e. The fourth-order valence-electron chi connectivity index (χ4n) is 1.74. The van der Waals surface area contributed by atoms with Crippen molar-refractivity contribution >= 4 is 16.2 Å². The molecule has 1 rings (SSSR count). The lowest BCUT2D eigenvalue weighted by molar-refractivity contribution is -0.140. The Bertz CT molecular complexity index is 395. The molecule has 1 aliphatic rings. The number of methoxy groups -OCH3 is 1. The number of carbonyl (C=O) groups excluding carboxylic acids is 1. The molecule has 0 amide bonds. The third-order valence-corrected chi connectivity index (χ3v) is 4.66. The molecule has 0 aromatic carbocycles. The Labute approximate surface area is 120 Å². The first kappa shape index (κ1) is 17.3. The van der Waals surface area contributed by atoms with Gasteiger partial charge in [0.25, 0.3) is 10.2 Å². The van der Waals surface area contributed by atoms with Crippen molar-refractivity contribution in [3.05, 3.63) is 0 Å². The molecule has 9 heteroatoms. The third-order valence-electron chi connectivity index (χ3n) is 3.09. The minimum atomic E-state index is -3.55. The van der Waals surface area contributed by atoms with E-state index in [1.807, 2.05) is 0 Å². The second kappa shape index (κ2) is 8.53. The van der Waals surface area contributed by atoms with Crippen molar-refractivity contribution in [1.82, 2.24) is 13.9 Å². The highest BCUT2D eigenvalue weighted by Gasteiger charge is 2.18. The maximum atomic E-state index is 11.9. The van der Waals surface area contributed by atoms with Gasteiger partial charge in [-0.15, -0.1) is 0 Å². The lowest BCUT2D eigenvalue weighted by Crippen LogP contribution is -2.44. The summed E-state index contributed by atoms with van der Waals surface area (Å²) in [5.74, 6) is -0.430. The van der Waals surface area contributed by atoms with Crippen LogP contribution in [-0.4, -0.2) is 83.7 Å². The van der Waals surface area contributed by atoms with Gasteiger partial charge in [0.2, 0.25) is 0 Å². The summed E-state index contributed by atoms with van der Waals surface area (Å²) in [5, 5.41) is 0. The van der Waals surface area contributed by atoms with Crippen LogP contribution in [0.5, 0.6) is 0 Å². The van der Waals surface area contributed by atoms with E-state index >= 15 is 0 Å². The van der Waals surface area contributed by atoms with Gasteiger partial charge in [-0.2, -0.15) is 12.7 Å². The number of rotatable bonds is 8. The molecule has 0 aliphatic carbocycles. The van der Waals surface area contributed by atoms with E-state index in [1.54, 1.807) is 0 Å². The van der Waals surface area contributed by atoms with Crippen LogP contribution in [0.1, 0.15) is 6.42 Å². The van der Waals surface area contributed by atoms with E-state index in [0.29, 0.717) is 26.3 Å². The van der Waals surface area contributed by atoms with Crippen LogP contribution in [-0.2, 0) is 24.5 Å². The first-order chi connectivity index (χ1) is 9.45. The molecule has 1 saturated heterocycles. The van der Waals surface area contributed by atoms with Crippen molar-refractivity contribution in [1.29, 1.82) is 0 Å². The Morgan fingerprint density at radius 3 is 2.65 bits per heavy atom. The van der Waals surface area contributed by atoms with E-state index in [2.05, 4.69) is 14.4 Å². The number of nitrogens with zero attached hydrogens (tertiary/aromatic N) is 2. The Balaban J connectivity index is 2.27. The van der Waals surface area contributed by atoms with Gasteiger partial charge >= 0.3 is 5.97 Å². The van der Waals surface area contributed by atoms with E-state index in [9.17, 15) is 13.2 Å². The molecule has 1 N–H and O–H groups in total. The monoisotopic (exact) mass is 309 g/mol. The summed E-state index contributed by atoms with van der Waals surface area (Å²) in [6.45, 7) is 4.09. The zero-order valence-corrected chi connectivity index (χ0v) is 12.8. The molecule has 0 saturated carbocycles. The van der Waals surface area contributed by atoms with Gasteiger partial charge in [-0.05, 0) is 0 Å². The lowest BCUT2D eigenvalue weighted by Gasteiger charge is -2.26. The molecule has 0 aromatic rings. The van der Waals surface area contributed by atoms with E-state index in [0.717, 1.165) is 17.4 Å². The van der Waals surface area contributed by atoms with Gasteiger partial charge in [-0.3, -0.25) is 9.69 Å².